The van der Waals surface area contributed by atoms with E-state index in [1.165, 1.54) is 22.7 Å². The zero-order valence-corrected chi connectivity index (χ0v) is 13.9. The van der Waals surface area contributed by atoms with Crippen LogP contribution in [0.1, 0.15) is 25.9 Å². The van der Waals surface area contributed by atoms with Gasteiger partial charge in [0.25, 0.3) is 11.8 Å². The average molecular weight is 347 g/mol. The zero-order chi connectivity index (χ0) is 15.8. The lowest BCUT2D eigenvalue weighted by Crippen LogP contribution is -2.10. The third kappa shape index (κ3) is 2.69. The molecule has 0 atom stereocenters. The SMILES string of the molecule is Cc1noc(-c2c(NC(=O)c3cccs3)sc3c2CCOC3)n1. The Kier molecular flexibility index (Phi) is 3.72. The summed E-state index contributed by atoms with van der Waals surface area (Å²) in [6.07, 6.45) is 0.775. The van der Waals surface area contributed by atoms with Crippen LogP contribution in [-0.4, -0.2) is 22.7 Å². The largest absolute Gasteiger partial charge is 0.376 e. The molecule has 1 amide bonds. The summed E-state index contributed by atoms with van der Waals surface area (Å²) in [5.74, 6) is 0.892. The van der Waals surface area contributed by atoms with E-state index in [4.69, 9.17) is 9.26 Å². The van der Waals surface area contributed by atoms with Crippen LogP contribution in [0.3, 0.4) is 0 Å². The van der Waals surface area contributed by atoms with Gasteiger partial charge in [0.1, 0.15) is 5.00 Å². The number of amides is 1. The van der Waals surface area contributed by atoms with Crippen molar-refractivity contribution in [3.63, 3.8) is 0 Å². The molecule has 0 radical (unpaired) electrons. The van der Waals surface area contributed by atoms with Crippen molar-refractivity contribution in [3.8, 4) is 11.5 Å². The van der Waals surface area contributed by atoms with E-state index in [-0.39, 0.29) is 5.91 Å². The summed E-state index contributed by atoms with van der Waals surface area (Å²) in [5.41, 5.74) is 1.96. The number of aryl methyl sites for hydroxylation is 1. The quantitative estimate of drug-likeness (QED) is 0.785. The van der Waals surface area contributed by atoms with Gasteiger partial charge >= 0.3 is 0 Å². The van der Waals surface area contributed by atoms with Gasteiger partial charge in [-0.1, -0.05) is 11.2 Å². The van der Waals surface area contributed by atoms with Gasteiger partial charge in [-0.2, -0.15) is 4.98 Å². The minimum atomic E-state index is -0.128. The number of carbonyl (C=O) groups is 1. The number of aromatic nitrogens is 2. The first-order valence-corrected chi connectivity index (χ1v) is 8.80. The molecule has 0 aromatic carbocycles. The highest BCUT2D eigenvalue weighted by molar-refractivity contribution is 7.17. The Hall–Kier alpha value is -2.03. The summed E-state index contributed by atoms with van der Waals surface area (Å²) < 4.78 is 10.9. The first-order chi connectivity index (χ1) is 11.2. The summed E-state index contributed by atoms with van der Waals surface area (Å²) >= 11 is 2.92. The maximum absolute atomic E-state index is 12.4. The van der Waals surface area contributed by atoms with E-state index in [0.29, 0.717) is 29.8 Å². The maximum atomic E-state index is 12.4. The van der Waals surface area contributed by atoms with Gasteiger partial charge in [-0.25, -0.2) is 0 Å². The standard InChI is InChI=1S/C15H13N3O3S2/c1-8-16-14(21-18-8)12-9-4-5-20-7-11(9)23-15(12)17-13(19)10-3-2-6-22-10/h2-3,6H,4-5,7H2,1H3,(H,17,19). The minimum absolute atomic E-state index is 0.128. The summed E-state index contributed by atoms with van der Waals surface area (Å²) in [4.78, 5) is 18.5. The number of hydrogen-bond acceptors (Lipinski definition) is 7. The number of anilines is 1. The predicted molar refractivity (Wildman–Crippen MR) is 88.0 cm³/mol. The number of nitrogens with zero attached hydrogens (tertiary/aromatic N) is 2. The van der Waals surface area contributed by atoms with Crippen LogP contribution in [0.5, 0.6) is 0 Å². The normalized spacial score (nSPS) is 13.8. The molecule has 6 nitrogen and oxygen atoms in total. The van der Waals surface area contributed by atoms with Crippen molar-refractivity contribution in [2.24, 2.45) is 0 Å². The lowest BCUT2D eigenvalue weighted by molar-refractivity contribution is 0.103. The van der Waals surface area contributed by atoms with Gasteiger partial charge < -0.3 is 14.6 Å². The van der Waals surface area contributed by atoms with Crippen LogP contribution >= 0.6 is 22.7 Å². The van der Waals surface area contributed by atoms with E-state index < -0.39 is 0 Å². The van der Waals surface area contributed by atoms with Crippen molar-refractivity contribution in [3.05, 3.63) is 38.7 Å². The highest BCUT2D eigenvalue weighted by atomic mass is 32.1. The lowest BCUT2D eigenvalue weighted by Gasteiger charge is -2.12. The lowest BCUT2D eigenvalue weighted by atomic mass is 10.1. The van der Waals surface area contributed by atoms with Gasteiger partial charge in [0.15, 0.2) is 5.82 Å². The zero-order valence-electron chi connectivity index (χ0n) is 12.3. The van der Waals surface area contributed by atoms with Crippen LogP contribution in [0, 0.1) is 6.92 Å². The monoisotopic (exact) mass is 347 g/mol. The molecule has 1 aliphatic heterocycles. The molecule has 0 spiro atoms. The number of fused-ring (bicyclic) bond motifs is 1. The Morgan fingerprint density at radius 2 is 2.35 bits per heavy atom. The number of hydrogen-bond donors (Lipinski definition) is 1. The first-order valence-electron chi connectivity index (χ1n) is 7.10. The smallest absolute Gasteiger partial charge is 0.266 e. The maximum Gasteiger partial charge on any atom is 0.266 e. The highest BCUT2D eigenvalue weighted by Gasteiger charge is 2.27. The van der Waals surface area contributed by atoms with Crippen molar-refractivity contribution in [1.29, 1.82) is 0 Å². The predicted octanol–water partition coefficient (Wildman–Crippen LogP) is 3.49. The fourth-order valence-electron chi connectivity index (χ4n) is 2.52. The number of carbonyl (C=O) groups excluding carboxylic acids is 1. The summed E-state index contributed by atoms with van der Waals surface area (Å²) in [6, 6.07) is 3.66. The molecule has 8 heteroatoms. The van der Waals surface area contributed by atoms with Crippen LogP contribution in [0.25, 0.3) is 11.5 Å². The molecule has 118 valence electrons. The van der Waals surface area contributed by atoms with Crippen LogP contribution in [0.4, 0.5) is 5.00 Å². The molecule has 1 N–H and O–H groups in total. The molecule has 0 unspecified atom stereocenters. The van der Waals surface area contributed by atoms with Crippen LogP contribution in [-0.2, 0) is 17.8 Å². The average Bonchev–Trinajstić information content (AvgIpc) is 3.25. The third-order valence-electron chi connectivity index (χ3n) is 3.53. The van der Waals surface area contributed by atoms with Crippen molar-refractivity contribution >= 4 is 33.6 Å². The molecule has 0 bridgehead atoms. The van der Waals surface area contributed by atoms with Crippen molar-refractivity contribution in [2.45, 2.75) is 20.0 Å². The molecule has 4 heterocycles. The number of ether oxygens (including phenoxy) is 1. The minimum Gasteiger partial charge on any atom is -0.376 e. The van der Waals surface area contributed by atoms with Crippen molar-refractivity contribution in [2.75, 3.05) is 11.9 Å². The van der Waals surface area contributed by atoms with E-state index in [2.05, 4.69) is 15.5 Å². The fraction of sp³-hybridized carbons (Fsp3) is 0.267. The van der Waals surface area contributed by atoms with E-state index in [1.807, 2.05) is 11.4 Å². The topological polar surface area (TPSA) is 77.2 Å². The Labute approximate surface area is 140 Å². The molecule has 0 saturated carbocycles. The van der Waals surface area contributed by atoms with Gasteiger partial charge in [0, 0.05) is 4.88 Å². The first kappa shape index (κ1) is 14.6. The Bertz CT molecular complexity index is 852. The Morgan fingerprint density at radius 3 is 3.09 bits per heavy atom. The molecule has 0 aliphatic carbocycles. The van der Waals surface area contributed by atoms with Crippen molar-refractivity contribution in [1.82, 2.24) is 10.1 Å². The van der Waals surface area contributed by atoms with Gasteiger partial charge in [-0.15, -0.1) is 22.7 Å². The van der Waals surface area contributed by atoms with Crippen LogP contribution in [0.15, 0.2) is 22.0 Å². The fourth-order valence-corrected chi connectivity index (χ4v) is 4.31. The van der Waals surface area contributed by atoms with E-state index in [1.54, 1.807) is 13.0 Å². The van der Waals surface area contributed by atoms with Gasteiger partial charge in [0.2, 0.25) is 0 Å². The van der Waals surface area contributed by atoms with Gasteiger partial charge in [-0.05, 0) is 30.4 Å². The molecule has 0 fully saturated rings. The van der Waals surface area contributed by atoms with Crippen molar-refractivity contribution < 1.29 is 14.1 Å². The van der Waals surface area contributed by atoms with Crippen LogP contribution in [0.2, 0.25) is 0 Å². The van der Waals surface area contributed by atoms with Gasteiger partial charge in [0.05, 0.1) is 23.7 Å². The Balaban J connectivity index is 1.76. The second-order valence-electron chi connectivity index (χ2n) is 5.09. The number of rotatable bonds is 3. The molecular formula is C15H13N3O3S2. The number of thiophene rings is 2. The van der Waals surface area contributed by atoms with Crippen LogP contribution < -0.4 is 5.32 Å². The Morgan fingerprint density at radius 1 is 1.43 bits per heavy atom. The summed E-state index contributed by atoms with van der Waals surface area (Å²) in [5, 5.41) is 9.47. The second kappa shape index (κ2) is 5.88. The number of nitrogens with one attached hydrogen (secondary N) is 1. The highest BCUT2D eigenvalue weighted by Crippen LogP contribution is 2.42. The second-order valence-corrected chi connectivity index (χ2v) is 7.14. The molecule has 1 aliphatic rings. The third-order valence-corrected chi connectivity index (χ3v) is 5.52. The summed E-state index contributed by atoms with van der Waals surface area (Å²) in [6.45, 7) is 2.98. The molecule has 3 aromatic heterocycles. The molecule has 0 saturated heterocycles. The van der Waals surface area contributed by atoms with E-state index in [0.717, 1.165) is 27.4 Å². The molecule has 4 rings (SSSR count). The molecule has 23 heavy (non-hydrogen) atoms. The molecule has 3 aromatic rings. The summed E-state index contributed by atoms with van der Waals surface area (Å²) in [7, 11) is 0. The molecular weight excluding hydrogens is 334 g/mol. The van der Waals surface area contributed by atoms with E-state index in [9.17, 15) is 4.79 Å². The van der Waals surface area contributed by atoms with Gasteiger partial charge in [-0.3, -0.25) is 4.79 Å². The van der Waals surface area contributed by atoms with E-state index >= 15 is 0 Å².